The molecule has 1 spiro atoms. The Hall–Kier alpha value is -3.19. The van der Waals surface area contributed by atoms with Crippen LogP contribution >= 0.6 is 0 Å². The van der Waals surface area contributed by atoms with E-state index in [1.807, 2.05) is 44.2 Å². The van der Waals surface area contributed by atoms with E-state index in [0.717, 1.165) is 12.8 Å². The summed E-state index contributed by atoms with van der Waals surface area (Å²) in [5, 5.41) is 3.14. The summed E-state index contributed by atoms with van der Waals surface area (Å²) in [7, 11) is 0. The van der Waals surface area contributed by atoms with Crippen molar-refractivity contribution in [3.8, 4) is 0 Å². The summed E-state index contributed by atoms with van der Waals surface area (Å²) in [5.74, 6) is -1.25. The van der Waals surface area contributed by atoms with Gasteiger partial charge in [0.1, 0.15) is 17.1 Å². The molecule has 5 heterocycles. The largest absolute Gasteiger partial charge is 0.467 e. The lowest BCUT2D eigenvalue weighted by Crippen LogP contribution is -2.55. The molecule has 2 amide bonds. The molecule has 182 valence electrons. The summed E-state index contributed by atoms with van der Waals surface area (Å²) in [6.45, 7) is 3.86. The van der Waals surface area contributed by atoms with Crippen LogP contribution in [0.1, 0.15) is 44.1 Å². The van der Waals surface area contributed by atoms with E-state index in [1.54, 1.807) is 23.3 Å². The van der Waals surface area contributed by atoms with Crippen molar-refractivity contribution in [2.45, 2.75) is 62.9 Å². The standard InChI is InChI=1S/C28H30N2O5/c1-16(10-11-18-7-4-3-5-8-18)29-26(32)23-22-12-13-28(35-22)24(23)27(33)30-19(21-9-6-14-34-21)15-20(31)17(2)25(28)30/h3-9,12-14,16-17,19,22-25H,10-11,15H2,1-2H3,(H,29,32)/t16-,17-,19-,22+,23-,24+,25+,28-/m0/s1. The van der Waals surface area contributed by atoms with Crippen LogP contribution in [0.4, 0.5) is 0 Å². The van der Waals surface area contributed by atoms with Gasteiger partial charge in [-0.3, -0.25) is 14.4 Å². The Labute approximate surface area is 204 Å². The van der Waals surface area contributed by atoms with Crippen LogP contribution in [0.3, 0.4) is 0 Å². The number of Topliss-reactive ketones (excluding diaryl/α,β-unsaturated/α-hetero) is 1. The highest BCUT2D eigenvalue weighted by atomic mass is 16.5. The number of furan rings is 1. The number of amides is 2. The first-order valence-corrected chi connectivity index (χ1v) is 12.5. The first kappa shape index (κ1) is 22.3. The Morgan fingerprint density at radius 2 is 2.00 bits per heavy atom. The Balaban J connectivity index is 1.25. The number of carbonyl (C=O) groups is 3. The van der Waals surface area contributed by atoms with Crippen molar-refractivity contribution in [2.24, 2.45) is 17.8 Å². The fourth-order valence-electron chi connectivity index (χ4n) is 6.70. The molecule has 7 nitrogen and oxygen atoms in total. The third kappa shape index (κ3) is 3.32. The molecule has 1 N–H and O–H groups in total. The van der Waals surface area contributed by atoms with Crippen LogP contribution in [0.2, 0.25) is 0 Å². The van der Waals surface area contributed by atoms with Gasteiger partial charge in [0.2, 0.25) is 11.8 Å². The number of piperidine rings is 1. The number of benzene rings is 1. The molecule has 4 aliphatic heterocycles. The molecule has 1 aromatic heterocycles. The van der Waals surface area contributed by atoms with Crippen molar-refractivity contribution in [3.63, 3.8) is 0 Å². The number of carbonyl (C=O) groups excluding carboxylic acids is 3. The minimum absolute atomic E-state index is 0.0442. The van der Waals surface area contributed by atoms with E-state index in [0.29, 0.717) is 5.76 Å². The minimum Gasteiger partial charge on any atom is -0.467 e. The number of rotatable bonds is 6. The third-order valence-electron chi connectivity index (χ3n) is 8.35. The van der Waals surface area contributed by atoms with Crippen molar-refractivity contribution in [1.82, 2.24) is 10.2 Å². The van der Waals surface area contributed by atoms with Crippen molar-refractivity contribution in [1.29, 1.82) is 0 Å². The van der Waals surface area contributed by atoms with Gasteiger partial charge in [-0.15, -0.1) is 0 Å². The predicted molar refractivity (Wildman–Crippen MR) is 127 cm³/mol. The normalized spacial score (nSPS) is 35.8. The molecule has 6 rings (SSSR count). The minimum atomic E-state index is -0.961. The van der Waals surface area contributed by atoms with E-state index in [-0.39, 0.29) is 36.0 Å². The molecule has 3 fully saturated rings. The lowest BCUT2D eigenvalue weighted by Gasteiger charge is -2.43. The van der Waals surface area contributed by atoms with Gasteiger partial charge in [0.15, 0.2) is 0 Å². The van der Waals surface area contributed by atoms with Gasteiger partial charge in [-0.2, -0.15) is 0 Å². The molecular weight excluding hydrogens is 444 g/mol. The van der Waals surface area contributed by atoms with Crippen LogP contribution in [0, 0.1) is 17.8 Å². The Morgan fingerprint density at radius 3 is 2.74 bits per heavy atom. The number of ketones is 1. The number of fused-ring (bicyclic) bond motifs is 2. The smallest absolute Gasteiger partial charge is 0.230 e. The summed E-state index contributed by atoms with van der Waals surface area (Å²) in [4.78, 5) is 42.3. The molecule has 2 bridgehead atoms. The highest BCUT2D eigenvalue weighted by Gasteiger charge is 2.74. The third-order valence-corrected chi connectivity index (χ3v) is 8.35. The number of ether oxygens (including phenoxy) is 1. The molecule has 0 saturated carbocycles. The van der Waals surface area contributed by atoms with E-state index in [4.69, 9.17) is 9.15 Å². The summed E-state index contributed by atoms with van der Waals surface area (Å²) in [5.41, 5.74) is 0.265. The molecule has 8 atom stereocenters. The fourth-order valence-corrected chi connectivity index (χ4v) is 6.70. The SMILES string of the molecule is C[C@@H](CCc1ccccc1)NC(=O)[C@H]1[C@H]2C=C[C@]3(O2)[C@H]1C(=O)N1[C@H](c2ccco2)CC(=O)[C@H](C)[C@@H]13. The number of hydrogen-bond donors (Lipinski definition) is 1. The zero-order chi connectivity index (χ0) is 24.3. The maximum atomic E-state index is 14.0. The van der Waals surface area contributed by atoms with Crippen LogP contribution in [0.15, 0.2) is 65.3 Å². The van der Waals surface area contributed by atoms with E-state index < -0.39 is 35.6 Å². The number of aryl methyl sites for hydroxylation is 1. The first-order chi connectivity index (χ1) is 16.9. The summed E-state index contributed by atoms with van der Waals surface area (Å²) >= 11 is 0. The van der Waals surface area contributed by atoms with Crippen LogP contribution in [0.5, 0.6) is 0 Å². The maximum Gasteiger partial charge on any atom is 0.230 e. The van der Waals surface area contributed by atoms with Gasteiger partial charge < -0.3 is 19.4 Å². The number of nitrogens with one attached hydrogen (secondary N) is 1. The molecule has 0 radical (unpaired) electrons. The van der Waals surface area contributed by atoms with E-state index in [2.05, 4.69) is 17.4 Å². The van der Waals surface area contributed by atoms with Crippen LogP contribution in [0.25, 0.3) is 0 Å². The second-order valence-corrected chi connectivity index (χ2v) is 10.4. The maximum absolute atomic E-state index is 14.0. The van der Waals surface area contributed by atoms with Gasteiger partial charge in [-0.05, 0) is 37.5 Å². The second kappa shape index (κ2) is 8.19. The molecule has 2 aromatic rings. The highest BCUT2D eigenvalue weighted by Crippen LogP contribution is 2.59. The van der Waals surface area contributed by atoms with Crippen molar-refractivity contribution < 1.29 is 23.5 Å². The lowest BCUT2D eigenvalue weighted by molar-refractivity contribution is -0.148. The zero-order valence-corrected chi connectivity index (χ0v) is 19.9. The Morgan fingerprint density at radius 1 is 1.20 bits per heavy atom. The molecule has 7 heteroatoms. The fraction of sp³-hybridized carbons (Fsp3) is 0.464. The van der Waals surface area contributed by atoms with Crippen LogP contribution in [-0.4, -0.2) is 46.3 Å². The van der Waals surface area contributed by atoms with E-state index in [1.165, 1.54) is 5.56 Å². The Kier molecular flexibility index (Phi) is 5.22. The summed E-state index contributed by atoms with van der Waals surface area (Å²) < 4.78 is 12.1. The molecule has 4 aliphatic rings. The van der Waals surface area contributed by atoms with E-state index >= 15 is 0 Å². The highest BCUT2D eigenvalue weighted by molar-refractivity contribution is 5.96. The van der Waals surface area contributed by atoms with Crippen molar-refractivity contribution in [3.05, 3.63) is 72.2 Å². The van der Waals surface area contributed by atoms with Gasteiger partial charge >= 0.3 is 0 Å². The van der Waals surface area contributed by atoms with Crippen molar-refractivity contribution in [2.75, 3.05) is 0 Å². The summed E-state index contributed by atoms with van der Waals surface area (Å²) in [6.07, 6.45) is 6.80. The van der Waals surface area contributed by atoms with Gasteiger partial charge in [-0.25, -0.2) is 0 Å². The van der Waals surface area contributed by atoms with Gasteiger partial charge in [-0.1, -0.05) is 49.4 Å². The molecule has 0 unspecified atom stereocenters. The molecule has 0 aliphatic carbocycles. The average Bonchev–Trinajstić information content (AvgIpc) is 3.63. The van der Waals surface area contributed by atoms with Crippen molar-refractivity contribution >= 4 is 17.6 Å². The lowest BCUT2D eigenvalue weighted by atomic mass is 9.70. The molecular formula is C28H30N2O5. The Bertz CT molecular complexity index is 1180. The van der Waals surface area contributed by atoms with Gasteiger partial charge in [0.25, 0.3) is 0 Å². The predicted octanol–water partition coefficient (Wildman–Crippen LogP) is 3.22. The second-order valence-electron chi connectivity index (χ2n) is 10.4. The number of hydrogen-bond acceptors (Lipinski definition) is 5. The topological polar surface area (TPSA) is 88.8 Å². The van der Waals surface area contributed by atoms with Gasteiger partial charge in [0, 0.05) is 18.4 Å². The quantitative estimate of drug-likeness (QED) is 0.650. The monoisotopic (exact) mass is 474 g/mol. The van der Waals surface area contributed by atoms with Crippen LogP contribution < -0.4 is 5.32 Å². The average molecular weight is 475 g/mol. The molecule has 35 heavy (non-hydrogen) atoms. The van der Waals surface area contributed by atoms with Crippen LogP contribution in [-0.2, 0) is 25.5 Å². The van der Waals surface area contributed by atoms with Gasteiger partial charge in [0.05, 0.1) is 36.3 Å². The number of nitrogens with zero attached hydrogens (tertiary/aromatic N) is 1. The van der Waals surface area contributed by atoms with E-state index in [9.17, 15) is 14.4 Å². The zero-order valence-electron chi connectivity index (χ0n) is 19.9. The summed E-state index contributed by atoms with van der Waals surface area (Å²) in [6, 6.07) is 12.8. The molecule has 3 saturated heterocycles. The first-order valence-electron chi connectivity index (χ1n) is 12.5. The molecule has 1 aromatic carbocycles.